The Morgan fingerprint density at radius 2 is 1.72 bits per heavy atom. The van der Waals surface area contributed by atoms with Crippen LogP contribution < -0.4 is 15.5 Å². The molecule has 0 radical (unpaired) electrons. The van der Waals surface area contributed by atoms with Gasteiger partial charge in [0, 0.05) is 31.4 Å². The number of aromatic nitrogens is 2. The van der Waals surface area contributed by atoms with Crippen LogP contribution in [0, 0.1) is 6.92 Å². The minimum absolute atomic E-state index is 0.646. The maximum atomic E-state index is 5.49. The second-order valence-electron chi connectivity index (χ2n) is 7.12. The van der Waals surface area contributed by atoms with Gasteiger partial charge in [-0.3, -0.25) is 0 Å². The third kappa shape index (κ3) is 5.23. The Hall–Kier alpha value is -3.12. The maximum absolute atomic E-state index is 5.49. The summed E-state index contributed by atoms with van der Waals surface area (Å²) in [7, 11) is 0. The molecular formula is C23H27N5O. The van der Waals surface area contributed by atoms with Gasteiger partial charge in [-0.25, -0.2) is 4.98 Å². The van der Waals surface area contributed by atoms with Crippen molar-refractivity contribution in [1.29, 1.82) is 0 Å². The van der Waals surface area contributed by atoms with Crippen LogP contribution in [0.2, 0.25) is 0 Å². The van der Waals surface area contributed by atoms with E-state index >= 15 is 0 Å². The highest BCUT2D eigenvalue weighted by atomic mass is 16.5. The molecule has 0 aliphatic carbocycles. The number of benzene rings is 2. The fraction of sp³-hybridized carbons (Fsp3) is 0.304. The monoisotopic (exact) mass is 389 g/mol. The van der Waals surface area contributed by atoms with E-state index in [1.165, 1.54) is 11.3 Å². The molecule has 0 unspecified atom stereocenters. The molecule has 0 amide bonds. The molecule has 150 valence electrons. The highest BCUT2D eigenvalue weighted by Gasteiger charge is 2.15. The second-order valence-corrected chi connectivity index (χ2v) is 7.12. The quantitative estimate of drug-likeness (QED) is 0.636. The first-order chi connectivity index (χ1) is 14.3. The van der Waals surface area contributed by atoms with Crippen LogP contribution >= 0.6 is 0 Å². The number of anilines is 4. The summed E-state index contributed by atoms with van der Waals surface area (Å²) in [5, 5.41) is 6.83. The van der Waals surface area contributed by atoms with E-state index in [1.54, 1.807) is 0 Å². The molecule has 1 aliphatic heterocycles. The Morgan fingerprint density at radius 1 is 0.966 bits per heavy atom. The zero-order valence-electron chi connectivity index (χ0n) is 16.8. The highest BCUT2D eigenvalue weighted by molar-refractivity contribution is 5.74. The molecule has 0 bridgehead atoms. The fourth-order valence-electron chi connectivity index (χ4n) is 3.47. The number of aryl methyl sites for hydroxylation is 1. The lowest BCUT2D eigenvalue weighted by Crippen LogP contribution is -2.36. The SMILES string of the molecule is Cc1cc(Nc2ccccc2N2CCOCC2)nc(NCCc2ccccc2)n1. The summed E-state index contributed by atoms with van der Waals surface area (Å²) < 4.78 is 5.49. The molecule has 1 fully saturated rings. The Morgan fingerprint density at radius 3 is 2.55 bits per heavy atom. The van der Waals surface area contributed by atoms with E-state index in [0.717, 1.165) is 56.5 Å². The minimum Gasteiger partial charge on any atom is -0.378 e. The van der Waals surface area contributed by atoms with Crippen molar-refractivity contribution in [3.63, 3.8) is 0 Å². The van der Waals surface area contributed by atoms with Crippen LogP contribution in [0.15, 0.2) is 60.7 Å². The van der Waals surface area contributed by atoms with Crippen molar-refractivity contribution >= 4 is 23.1 Å². The van der Waals surface area contributed by atoms with Gasteiger partial charge in [-0.2, -0.15) is 4.98 Å². The van der Waals surface area contributed by atoms with Gasteiger partial charge < -0.3 is 20.3 Å². The first-order valence-corrected chi connectivity index (χ1v) is 10.1. The van der Waals surface area contributed by atoms with Crippen molar-refractivity contribution in [3.8, 4) is 0 Å². The van der Waals surface area contributed by atoms with Crippen LogP contribution in [0.5, 0.6) is 0 Å². The van der Waals surface area contributed by atoms with Crippen molar-refractivity contribution < 1.29 is 4.74 Å². The number of hydrogen-bond donors (Lipinski definition) is 2. The van der Waals surface area contributed by atoms with Gasteiger partial charge in [0.25, 0.3) is 0 Å². The molecule has 2 heterocycles. The molecule has 3 aromatic rings. The van der Waals surface area contributed by atoms with Gasteiger partial charge in [0.15, 0.2) is 0 Å². The van der Waals surface area contributed by atoms with Crippen molar-refractivity contribution in [2.24, 2.45) is 0 Å². The molecule has 0 atom stereocenters. The van der Waals surface area contributed by atoms with E-state index in [4.69, 9.17) is 4.74 Å². The molecule has 6 nitrogen and oxygen atoms in total. The average molecular weight is 390 g/mol. The smallest absolute Gasteiger partial charge is 0.224 e. The zero-order valence-corrected chi connectivity index (χ0v) is 16.8. The molecule has 6 heteroatoms. The van der Waals surface area contributed by atoms with Crippen molar-refractivity contribution in [3.05, 3.63) is 71.9 Å². The van der Waals surface area contributed by atoms with Crippen LogP contribution in [-0.2, 0) is 11.2 Å². The number of morpholine rings is 1. The molecule has 1 aromatic heterocycles. The highest BCUT2D eigenvalue weighted by Crippen LogP contribution is 2.29. The first-order valence-electron chi connectivity index (χ1n) is 10.1. The molecule has 4 rings (SSSR count). The second kappa shape index (κ2) is 9.39. The third-order valence-electron chi connectivity index (χ3n) is 4.91. The van der Waals surface area contributed by atoms with Crippen molar-refractivity contribution in [2.45, 2.75) is 13.3 Å². The van der Waals surface area contributed by atoms with E-state index in [0.29, 0.717) is 5.95 Å². The molecule has 0 spiro atoms. The number of hydrogen-bond acceptors (Lipinski definition) is 6. The van der Waals surface area contributed by atoms with E-state index in [1.807, 2.05) is 25.1 Å². The predicted molar refractivity (Wildman–Crippen MR) is 118 cm³/mol. The number of para-hydroxylation sites is 2. The Balaban J connectivity index is 1.45. The van der Waals surface area contributed by atoms with Gasteiger partial charge in [0.05, 0.1) is 24.6 Å². The topological polar surface area (TPSA) is 62.3 Å². The fourth-order valence-corrected chi connectivity index (χ4v) is 3.47. The van der Waals surface area contributed by atoms with Gasteiger partial charge >= 0.3 is 0 Å². The van der Waals surface area contributed by atoms with E-state index in [-0.39, 0.29) is 0 Å². The summed E-state index contributed by atoms with van der Waals surface area (Å²) in [6, 6.07) is 20.7. The lowest BCUT2D eigenvalue weighted by Gasteiger charge is -2.30. The van der Waals surface area contributed by atoms with Crippen LogP contribution in [0.4, 0.5) is 23.1 Å². The Labute approximate surface area is 172 Å². The summed E-state index contributed by atoms with van der Waals surface area (Å²) in [5.74, 6) is 1.44. The van der Waals surface area contributed by atoms with Gasteiger partial charge in [0.1, 0.15) is 5.82 Å². The minimum atomic E-state index is 0.646. The molecule has 29 heavy (non-hydrogen) atoms. The average Bonchev–Trinajstić information content (AvgIpc) is 2.75. The van der Waals surface area contributed by atoms with E-state index in [2.05, 4.69) is 68.0 Å². The lowest BCUT2D eigenvalue weighted by molar-refractivity contribution is 0.123. The van der Waals surface area contributed by atoms with Crippen LogP contribution in [0.25, 0.3) is 0 Å². The summed E-state index contributed by atoms with van der Waals surface area (Å²) in [5.41, 5.74) is 4.44. The summed E-state index contributed by atoms with van der Waals surface area (Å²) in [6.45, 7) is 6.09. The largest absolute Gasteiger partial charge is 0.378 e. The Kier molecular flexibility index (Phi) is 6.22. The molecule has 2 aromatic carbocycles. The van der Waals surface area contributed by atoms with Gasteiger partial charge in [0.2, 0.25) is 5.95 Å². The number of nitrogens with zero attached hydrogens (tertiary/aromatic N) is 3. The molecule has 1 saturated heterocycles. The van der Waals surface area contributed by atoms with Crippen LogP contribution in [0.1, 0.15) is 11.3 Å². The number of rotatable bonds is 7. The van der Waals surface area contributed by atoms with Gasteiger partial charge in [-0.15, -0.1) is 0 Å². The molecule has 2 N–H and O–H groups in total. The van der Waals surface area contributed by atoms with E-state index in [9.17, 15) is 0 Å². The van der Waals surface area contributed by atoms with Gasteiger partial charge in [-0.05, 0) is 31.0 Å². The zero-order chi connectivity index (χ0) is 19.9. The standard InChI is InChI=1S/C23H27N5O/c1-18-17-22(27-23(25-18)24-12-11-19-7-3-2-4-8-19)26-20-9-5-6-10-21(20)28-13-15-29-16-14-28/h2-10,17H,11-16H2,1H3,(H2,24,25,26,27). The molecule has 0 saturated carbocycles. The summed E-state index contributed by atoms with van der Waals surface area (Å²) in [6.07, 6.45) is 0.931. The molecule has 1 aliphatic rings. The molecular weight excluding hydrogens is 362 g/mol. The number of ether oxygens (including phenoxy) is 1. The Bertz CT molecular complexity index is 926. The van der Waals surface area contributed by atoms with Crippen LogP contribution in [-0.4, -0.2) is 42.8 Å². The third-order valence-corrected chi connectivity index (χ3v) is 4.91. The van der Waals surface area contributed by atoms with Gasteiger partial charge in [-0.1, -0.05) is 42.5 Å². The number of nitrogens with one attached hydrogen (secondary N) is 2. The summed E-state index contributed by atoms with van der Waals surface area (Å²) in [4.78, 5) is 11.5. The first kappa shape index (κ1) is 19.2. The van der Waals surface area contributed by atoms with Crippen molar-refractivity contribution in [2.75, 3.05) is 48.4 Å². The lowest BCUT2D eigenvalue weighted by atomic mass is 10.1. The van der Waals surface area contributed by atoms with Crippen molar-refractivity contribution in [1.82, 2.24) is 9.97 Å². The summed E-state index contributed by atoms with van der Waals surface area (Å²) >= 11 is 0. The van der Waals surface area contributed by atoms with Crippen LogP contribution in [0.3, 0.4) is 0 Å². The maximum Gasteiger partial charge on any atom is 0.224 e. The van der Waals surface area contributed by atoms with E-state index < -0.39 is 0 Å². The predicted octanol–water partition coefficient (Wildman–Crippen LogP) is 4.02. The normalized spacial score (nSPS) is 13.9.